The SMILES string of the molecule is CCNC(=NCC(O)c1ccccc1Cl)NC1CCC(C(F)(F)F)CC1. The zero-order chi connectivity index (χ0) is 19.2. The number of benzene rings is 1. The van der Waals surface area contributed by atoms with Gasteiger partial charge in [0.2, 0.25) is 0 Å². The summed E-state index contributed by atoms with van der Waals surface area (Å²) in [5.41, 5.74) is 0.597. The van der Waals surface area contributed by atoms with Crippen LogP contribution in [0.15, 0.2) is 29.3 Å². The van der Waals surface area contributed by atoms with E-state index in [1.165, 1.54) is 0 Å². The van der Waals surface area contributed by atoms with Crippen LogP contribution in [-0.2, 0) is 0 Å². The maximum Gasteiger partial charge on any atom is 0.391 e. The molecular formula is C18H25ClF3N3O. The minimum absolute atomic E-state index is 0.0520. The molecule has 0 aromatic heterocycles. The largest absolute Gasteiger partial charge is 0.391 e. The number of alkyl halides is 3. The number of aliphatic hydroxyl groups is 1. The maximum atomic E-state index is 12.8. The molecule has 1 aliphatic carbocycles. The molecule has 26 heavy (non-hydrogen) atoms. The summed E-state index contributed by atoms with van der Waals surface area (Å²) in [5, 5.41) is 17.0. The van der Waals surface area contributed by atoms with Crippen molar-refractivity contribution < 1.29 is 18.3 Å². The molecule has 0 aliphatic heterocycles. The second-order valence-corrected chi connectivity index (χ2v) is 6.90. The first-order valence-electron chi connectivity index (χ1n) is 8.85. The highest BCUT2D eigenvalue weighted by Gasteiger charge is 2.41. The Hall–Kier alpha value is -1.47. The molecular weight excluding hydrogens is 367 g/mol. The van der Waals surface area contributed by atoms with Crippen LogP contribution in [0.3, 0.4) is 0 Å². The van der Waals surface area contributed by atoms with Gasteiger partial charge in [0.25, 0.3) is 0 Å². The number of hydrogen-bond acceptors (Lipinski definition) is 2. The van der Waals surface area contributed by atoms with Gasteiger partial charge in [-0.25, -0.2) is 0 Å². The van der Waals surface area contributed by atoms with Gasteiger partial charge in [0.1, 0.15) is 6.10 Å². The second-order valence-electron chi connectivity index (χ2n) is 6.49. The van der Waals surface area contributed by atoms with E-state index in [1.807, 2.05) is 6.92 Å². The van der Waals surface area contributed by atoms with Crippen LogP contribution in [0.4, 0.5) is 13.2 Å². The van der Waals surface area contributed by atoms with Gasteiger partial charge in [-0.05, 0) is 38.7 Å². The van der Waals surface area contributed by atoms with E-state index in [4.69, 9.17) is 11.6 Å². The molecule has 0 bridgehead atoms. The van der Waals surface area contributed by atoms with Crippen LogP contribution in [0.1, 0.15) is 44.3 Å². The Kier molecular flexibility index (Phi) is 7.58. The van der Waals surface area contributed by atoms with Gasteiger partial charge in [0, 0.05) is 23.2 Å². The number of hydrogen-bond donors (Lipinski definition) is 3. The summed E-state index contributed by atoms with van der Waals surface area (Å²) < 4.78 is 38.3. The van der Waals surface area contributed by atoms with Crippen molar-refractivity contribution in [1.29, 1.82) is 0 Å². The monoisotopic (exact) mass is 391 g/mol. The number of aliphatic imine (C=N–C) groups is 1. The van der Waals surface area contributed by atoms with Crippen molar-refractivity contribution in [3.63, 3.8) is 0 Å². The maximum absolute atomic E-state index is 12.8. The van der Waals surface area contributed by atoms with E-state index in [0.29, 0.717) is 35.9 Å². The summed E-state index contributed by atoms with van der Waals surface area (Å²) in [5.74, 6) is -0.712. The van der Waals surface area contributed by atoms with Crippen LogP contribution in [0.2, 0.25) is 5.02 Å². The molecule has 1 saturated carbocycles. The summed E-state index contributed by atoms with van der Waals surface area (Å²) in [6, 6.07) is 6.96. The van der Waals surface area contributed by atoms with Crippen LogP contribution in [-0.4, -0.2) is 36.4 Å². The standard InChI is InChI=1S/C18H25ClF3N3O/c1-2-23-17(24-11-16(26)14-5-3-4-6-15(14)19)25-13-9-7-12(8-10-13)18(20,21)22/h3-6,12-13,16,26H,2,7-11H2,1H3,(H2,23,24,25). The predicted octanol–water partition coefficient (Wildman–Crippen LogP) is 4.05. The summed E-state index contributed by atoms with van der Waals surface area (Å²) in [6.07, 6.45) is -3.81. The van der Waals surface area contributed by atoms with Crippen LogP contribution < -0.4 is 10.6 Å². The molecule has 4 nitrogen and oxygen atoms in total. The fourth-order valence-corrected chi connectivity index (χ4v) is 3.36. The Morgan fingerprint density at radius 3 is 2.50 bits per heavy atom. The number of rotatable bonds is 5. The van der Waals surface area contributed by atoms with Gasteiger partial charge < -0.3 is 15.7 Å². The van der Waals surface area contributed by atoms with E-state index in [0.717, 1.165) is 0 Å². The quantitative estimate of drug-likeness (QED) is 0.524. The van der Waals surface area contributed by atoms with Gasteiger partial charge in [-0.3, -0.25) is 4.99 Å². The Bertz CT molecular complexity index is 602. The van der Waals surface area contributed by atoms with Gasteiger partial charge in [0.15, 0.2) is 5.96 Å². The van der Waals surface area contributed by atoms with Crippen LogP contribution in [0, 0.1) is 5.92 Å². The summed E-state index contributed by atoms with van der Waals surface area (Å²) in [6.45, 7) is 2.63. The third-order valence-electron chi connectivity index (χ3n) is 4.56. The lowest BCUT2D eigenvalue weighted by Gasteiger charge is -2.31. The minimum atomic E-state index is -4.11. The van der Waals surface area contributed by atoms with Crippen LogP contribution in [0.25, 0.3) is 0 Å². The fraction of sp³-hybridized carbons (Fsp3) is 0.611. The summed E-state index contributed by atoms with van der Waals surface area (Å²) >= 11 is 6.07. The molecule has 8 heteroatoms. The molecule has 2 rings (SSSR count). The lowest BCUT2D eigenvalue weighted by atomic mass is 9.85. The van der Waals surface area contributed by atoms with Gasteiger partial charge >= 0.3 is 6.18 Å². The normalized spacial score (nSPS) is 22.8. The first-order valence-corrected chi connectivity index (χ1v) is 9.23. The van der Waals surface area contributed by atoms with E-state index >= 15 is 0 Å². The number of nitrogens with one attached hydrogen (secondary N) is 2. The summed E-state index contributed by atoms with van der Waals surface area (Å²) in [4.78, 5) is 4.36. The molecule has 3 N–H and O–H groups in total. The Labute approximate surface area is 156 Å². The average molecular weight is 392 g/mol. The van der Waals surface area contributed by atoms with Gasteiger partial charge in [-0.15, -0.1) is 0 Å². The lowest BCUT2D eigenvalue weighted by Crippen LogP contribution is -2.46. The topological polar surface area (TPSA) is 56.7 Å². The van der Waals surface area contributed by atoms with Gasteiger partial charge in [-0.1, -0.05) is 29.8 Å². The highest BCUT2D eigenvalue weighted by molar-refractivity contribution is 6.31. The third-order valence-corrected chi connectivity index (χ3v) is 4.91. The van der Waals surface area contributed by atoms with E-state index in [9.17, 15) is 18.3 Å². The minimum Gasteiger partial charge on any atom is -0.386 e. The molecule has 1 unspecified atom stereocenters. The molecule has 0 radical (unpaired) electrons. The van der Waals surface area contributed by atoms with Crippen molar-refractivity contribution >= 4 is 17.6 Å². The molecule has 1 aliphatic rings. The van der Waals surface area contributed by atoms with E-state index in [2.05, 4.69) is 15.6 Å². The Morgan fingerprint density at radius 2 is 1.92 bits per heavy atom. The molecule has 1 aromatic rings. The van der Waals surface area contributed by atoms with Crippen molar-refractivity contribution in [1.82, 2.24) is 10.6 Å². The molecule has 0 heterocycles. The van der Waals surface area contributed by atoms with Crippen molar-refractivity contribution in [2.75, 3.05) is 13.1 Å². The molecule has 146 valence electrons. The predicted molar refractivity (Wildman–Crippen MR) is 97.3 cm³/mol. The molecule has 1 aromatic carbocycles. The van der Waals surface area contributed by atoms with E-state index in [1.54, 1.807) is 24.3 Å². The zero-order valence-corrected chi connectivity index (χ0v) is 15.4. The number of aliphatic hydroxyl groups excluding tert-OH is 1. The highest BCUT2D eigenvalue weighted by Crippen LogP contribution is 2.37. The lowest BCUT2D eigenvalue weighted by molar-refractivity contribution is -0.182. The van der Waals surface area contributed by atoms with Gasteiger partial charge in [0.05, 0.1) is 12.5 Å². The number of nitrogens with zero attached hydrogens (tertiary/aromatic N) is 1. The third kappa shape index (κ3) is 6.06. The van der Waals surface area contributed by atoms with Crippen molar-refractivity contribution in [3.05, 3.63) is 34.9 Å². The molecule has 1 atom stereocenters. The molecule has 0 amide bonds. The number of halogens is 4. The van der Waals surface area contributed by atoms with Crippen molar-refractivity contribution in [2.45, 2.75) is 50.9 Å². The number of guanidine groups is 1. The van der Waals surface area contributed by atoms with Crippen LogP contribution in [0.5, 0.6) is 0 Å². The van der Waals surface area contributed by atoms with Crippen molar-refractivity contribution in [2.24, 2.45) is 10.9 Å². The molecule has 0 spiro atoms. The van der Waals surface area contributed by atoms with Crippen molar-refractivity contribution in [3.8, 4) is 0 Å². The average Bonchev–Trinajstić information content (AvgIpc) is 2.59. The fourth-order valence-electron chi connectivity index (χ4n) is 3.10. The van der Waals surface area contributed by atoms with E-state index < -0.39 is 18.2 Å². The first kappa shape index (κ1) is 20.8. The second kappa shape index (κ2) is 9.46. The highest BCUT2D eigenvalue weighted by atomic mass is 35.5. The Morgan fingerprint density at radius 1 is 1.27 bits per heavy atom. The van der Waals surface area contributed by atoms with Gasteiger partial charge in [-0.2, -0.15) is 13.2 Å². The first-order chi connectivity index (χ1) is 12.3. The summed E-state index contributed by atoms with van der Waals surface area (Å²) in [7, 11) is 0. The molecule has 1 fully saturated rings. The Balaban J connectivity index is 1.92. The van der Waals surface area contributed by atoms with E-state index in [-0.39, 0.29) is 25.4 Å². The zero-order valence-electron chi connectivity index (χ0n) is 14.7. The smallest absolute Gasteiger partial charge is 0.386 e. The van der Waals surface area contributed by atoms with Crippen LogP contribution >= 0.6 is 11.6 Å². The molecule has 0 saturated heterocycles.